The Morgan fingerprint density at radius 2 is 2.17 bits per heavy atom. The SMILES string of the molecule is CCCOC(=O)N(C(=O)O)c1nc2c(c3cn[nH]c13)CCCC2. The third kappa shape index (κ3) is 2.71. The second-order valence-corrected chi connectivity index (χ2v) is 5.46. The van der Waals surface area contributed by atoms with Gasteiger partial charge in [0.15, 0.2) is 5.82 Å². The van der Waals surface area contributed by atoms with Crippen LogP contribution < -0.4 is 4.90 Å². The van der Waals surface area contributed by atoms with Gasteiger partial charge in [0.2, 0.25) is 0 Å². The summed E-state index contributed by atoms with van der Waals surface area (Å²) < 4.78 is 4.97. The Labute approximate surface area is 132 Å². The van der Waals surface area contributed by atoms with E-state index in [9.17, 15) is 14.7 Å². The molecule has 0 spiro atoms. The molecule has 0 saturated carbocycles. The van der Waals surface area contributed by atoms with Crippen molar-refractivity contribution in [2.24, 2.45) is 0 Å². The number of nitrogens with one attached hydrogen (secondary N) is 1. The van der Waals surface area contributed by atoms with Gasteiger partial charge in [-0.2, -0.15) is 10.00 Å². The van der Waals surface area contributed by atoms with E-state index in [1.807, 2.05) is 6.92 Å². The van der Waals surface area contributed by atoms with Gasteiger partial charge in [-0.25, -0.2) is 14.6 Å². The molecule has 2 aromatic rings. The standard InChI is InChI=1S/C15H18N4O4/c1-2-7-23-15(22)19(14(20)21)13-12-10(8-16-18-12)9-5-3-4-6-11(9)17-13/h8H,2-7H2,1H3,(H,16,18)(H,20,21). The molecule has 2 heterocycles. The third-order valence-electron chi connectivity index (χ3n) is 3.88. The molecule has 0 bridgehead atoms. The summed E-state index contributed by atoms with van der Waals surface area (Å²) in [5, 5.41) is 17.0. The van der Waals surface area contributed by atoms with Crippen LogP contribution in [0.25, 0.3) is 10.9 Å². The van der Waals surface area contributed by atoms with Crippen LogP contribution in [0.3, 0.4) is 0 Å². The Morgan fingerprint density at radius 3 is 2.91 bits per heavy atom. The van der Waals surface area contributed by atoms with Gasteiger partial charge in [-0.1, -0.05) is 6.92 Å². The number of H-pyrrole nitrogens is 1. The fourth-order valence-electron chi connectivity index (χ4n) is 2.84. The van der Waals surface area contributed by atoms with Crippen molar-refractivity contribution in [3.63, 3.8) is 0 Å². The number of ether oxygens (including phenoxy) is 1. The van der Waals surface area contributed by atoms with Crippen LogP contribution in [0, 0.1) is 0 Å². The summed E-state index contributed by atoms with van der Waals surface area (Å²) in [7, 11) is 0. The lowest BCUT2D eigenvalue weighted by Crippen LogP contribution is -2.37. The Balaban J connectivity index is 2.11. The van der Waals surface area contributed by atoms with E-state index in [4.69, 9.17) is 4.74 Å². The maximum Gasteiger partial charge on any atom is 0.425 e. The zero-order valence-electron chi connectivity index (χ0n) is 12.8. The molecule has 2 aromatic heterocycles. The lowest BCUT2D eigenvalue weighted by Gasteiger charge is -2.21. The number of anilines is 1. The Morgan fingerprint density at radius 1 is 1.39 bits per heavy atom. The van der Waals surface area contributed by atoms with Gasteiger partial charge in [0.1, 0.15) is 5.52 Å². The highest BCUT2D eigenvalue weighted by atomic mass is 16.6. The summed E-state index contributed by atoms with van der Waals surface area (Å²) in [5.74, 6) is 0.0340. The summed E-state index contributed by atoms with van der Waals surface area (Å²) >= 11 is 0. The number of carbonyl (C=O) groups excluding carboxylic acids is 1. The van der Waals surface area contributed by atoms with Crippen LogP contribution in [0.1, 0.15) is 37.4 Å². The van der Waals surface area contributed by atoms with Crippen molar-refractivity contribution in [2.75, 3.05) is 11.5 Å². The van der Waals surface area contributed by atoms with Crippen LogP contribution in [0.4, 0.5) is 15.4 Å². The summed E-state index contributed by atoms with van der Waals surface area (Å²) in [6, 6.07) is 0. The molecule has 3 rings (SSSR count). The van der Waals surface area contributed by atoms with Crippen molar-refractivity contribution in [3.8, 4) is 0 Å². The smallest absolute Gasteiger partial charge is 0.425 e. The summed E-state index contributed by atoms with van der Waals surface area (Å²) in [6.07, 6.45) is 3.60. The number of amides is 2. The maximum absolute atomic E-state index is 12.1. The van der Waals surface area contributed by atoms with Crippen molar-refractivity contribution in [2.45, 2.75) is 39.0 Å². The maximum atomic E-state index is 12.1. The van der Waals surface area contributed by atoms with Crippen molar-refractivity contribution < 1.29 is 19.4 Å². The fourth-order valence-corrected chi connectivity index (χ4v) is 2.84. The van der Waals surface area contributed by atoms with Crippen LogP contribution in [-0.2, 0) is 17.6 Å². The number of pyridine rings is 1. The molecule has 1 aliphatic carbocycles. The van der Waals surface area contributed by atoms with E-state index in [1.165, 1.54) is 0 Å². The van der Waals surface area contributed by atoms with Gasteiger partial charge in [-0.15, -0.1) is 0 Å². The first-order chi connectivity index (χ1) is 11.1. The highest BCUT2D eigenvalue weighted by Crippen LogP contribution is 2.32. The van der Waals surface area contributed by atoms with Crippen LogP contribution in [0.2, 0.25) is 0 Å². The minimum atomic E-state index is -1.43. The number of hydrogen-bond donors (Lipinski definition) is 2. The molecule has 2 N–H and O–H groups in total. The molecule has 0 fully saturated rings. The van der Waals surface area contributed by atoms with E-state index < -0.39 is 12.2 Å². The first kappa shape index (κ1) is 15.3. The molecule has 2 amide bonds. The average Bonchev–Trinajstić information content (AvgIpc) is 3.03. The van der Waals surface area contributed by atoms with Gasteiger partial charge < -0.3 is 9.84 Å². The summed E-state index contributed by atoms with van der Waals surface area (Å²) in [5.41, 5.74) is 2.35. The monoisotopic (exact) mass is 318 g/mol. The largest absolute Gasteiger partial charge is 0.464 e. The number of carbonyl (C=O) groups is 2. The van der Waals surface area contributed by atoms with Crippen molar-refractivity contribution >= 4 is 28.9 Å². The molecule has 8 nitrogen and oxygen atoms in total. The van der Waals surface area contributed by atoms with Crippen molar-refractivity contribution in [1.82, 2.24) is 15.2 Å². The van der Waals surface area contributed by atoms with Gasteiger partial charge in [0.25, 0.3) is 0 Å². The number of carboxylic acid groups (broad SMARTS) is 1. The second kappa shape index (κ2) is 6.23. The molecular weight excluding hydrogens is 300 g/mol. The van der Waals surface area contributed by atoms with Crippen molar-refractivity contribution in [1.29, 1.82) is 0 Å². The van der Waals surface area contributed by atoms with Crippen LogP contribution in [0.5, 0.6) is 0 Å². The van der Waals surface area contributed by atoms with Gasteiger partial charge in [-0.05, 0) is 37.7 Å². The highest BCUT2D eigenvalue weighted by Gasteiger charge is 2.30. The molecular formula is C15H18N4O4. The fraction of sp³-hybridized carbons (Fsp3) is 0.467. The van der Waals surface area contributed by atoms with E-state index in [1.54, 1.807) is 6.20 Å². The average molecular weight is 318 g/mol. The molecule has 23 heavy (non-hydrogen) atoms. The minimum Gasteiger partial charge on any atom is -0.464 e. The van der Waals surface area contributed by atoms with Crippen LogP contribution >= 0.6 is 0 Å². The van der Waals surface area contributed by atoms with Gasteiger partial charge >= 0.3 is 12.2 Å². The molecule has 0 radical (unpaired) electrons. The number of nitrogens with zero attached hydrogens (tertiary/aromatic N) is 3. The van der Waals surface area contributed by atoms with E-state index in [0.29, 0.717) is 16.8 Å². The van der Waals surface area contributed by atoms with E-state index in [2.05, 4.69) is 15.2 Å². The lowest BCUT2D eigenvalue weighted by molar-refractivity contribution is 0.148. The molecule has 0 aliphatic heterocycles. The molecule has 0 unspecified atom stereocenters. The quantitative estimate of drug-likeness (QED) is 0.900. The van der Waals surface area contributed by atoms with E-state index in [0.717, 1.165) is 42.3 Å². The minimum absolute atomic E-state index is 0.0340. The van der Waals surface area contributed by atoms with Crippen LogP contribution in [0.15, 0.2) is 6.20 Å². The van der Waals surface area contributed by atoms with Gasteiger partial charge in [-0.3, -0.25) is 5.10 Å². The first-order valence-electron chi connectivity index (χ1n) is 7.68. The Kier molecular flexibility index (Phi) is 4.14. The van der Waals surface area contributed by atoms with Crippen LogP contribution in [-0.4, -0.2) is 39.1 Å². The van der Waals surface area contributed by atoms with Gasteiger partial charge in [0, 0.05) is 11.1 Å². The van der Waals surface area contributed by atoms with Gasteiger partial charge in [0.05, 0.1) is 12.8 Å². The molecule has 0 atom stereocenters. The van der Waals surface area contributed by atoms with Crippen molar-refractivity contribution in [3.05, 3.63) is 17.5 Å². The van der Waals surface area contributed by atoms with E-state index >= 15 is 0 Å². The summed E-state index contributed by atoms with van der Waals surface area (Å²) in [4.78, 5) is 28.7. The third-order valence-corrected chi connectivity index (χ3v) is 3.88. The zero-order chi connectivity index (χ0) is 16.4. The predicted molar refractivity (Wildman–Crippen MR) is 82.7 cm³/mol. The number of aryl methyl sites for hydroxylation is 2. The number of hydrogen-bond acceptors (Lipinski definition) is 5. The molecule has 0 aromatic carbocycles. The highest BCUT2D eigenvalue weighted by molar-refractivity contribution is 6.12. The number of fused-ring (bicyclic) bond motifs is 3. The molecule has 122 valence electrons. The molecule has 1 aliphatic rings. The number of aromatic amines is 1. The molecule has 8 heteroatoms. The Hall–Kier alpha value is -2.64. The molecule has 0 saturated heterocycles. The first-order valence-corrected chi connectivity index (χ1v) is 7.68. The summed E-state index contributed by atoms with van der Waals surface area (Å²) in [6.45, 7) is 1.99. The topological polar surface area (TPSA) is 108 Å². The number of aromatic nitrogens is 3. The number of imide groups is 1. The second-order valence-electron chi connectivity index (χ2n) is 5.46. The zero-order valence-corrected chi connectivity index (χ0v) is 12.8. The predicted octanol–water partition coefficient (Wildman–Crippen LogP) is 2.87. The normalized spacial score (nSPS) is 13.6. The van der Waals surface area contributed by atoms with E-state index in [-0.39, 0.29) is 12.4 Å². The number of rotatable bonds is 3. The Bertz CT molecular complexity index is 755. The lowest BCUT2D eigenvalue weighted by atomic mass is 9.93.